The Labute approximate surface area is 135 Å². The van der Waals surface area contributed by atoms with Crippen molar-refractivity contribution in [2.45, 2.75) is 30.2 Å². The van der Waals surface area contributed by atoms with Crippen molar-refractivity contribution in [3.05, 3.63) is 39.3 Å². The lowest BCUT2D eigenvalue weighted by atomic mass is 10.2. The van der Waals surface area contributed by atoms with E-state index in [2.05, 4.69) is 25.6 Å². The Morgan fingerprint density at radius 1 is 1.43 bits per heavy atom. The predicted molar refractivity (Wildman–Crippen MR) is 86.9 cm³/mol. The average Bonchev–Trinajstić information content (AvgIpc) is 3.19. The third kappa shape index (κ3) is 3.28. The van der Waals surface area contributed by atoms with Gasteiger partial charge in [0.05, 0.1) is 5.69 Å². The molecule has 5 nitrogen and oxygen atoms in total. The number of aromatic nitrogens is 1. The quantitative estimate of drug-likeness (QED) is 0.825. The third-order valence-corrected chi connectivity index (χ3v) is 6.48. The maximum atomic E-state index is 12.4. The zero-order valence-corrected chi connectivity index (χ0v) is 14.3. The van der Waals surface area contributed by atoms with Crippen LogP contribution in [0.5, 0.6) is 0 Å². The lowest BCUT2D eigenvalue weighted by Gasteiger charge is -2.08. The molecule has 0 bridgehead atoms. The highest BCUT2D eigenvalue weighted by molar-refractivity contribution is 9.10. The smallest absolute Gasteiger partial charge is 0.264 e. The van der Waals surface area contributed by atoms with E-state index in [0.29, 0.717) is 22.1 Å². The van der Waals surface area contributed by atoms with Crippen LogP contribution in [0.2, 0.25) is 0 Å². The summed E-state index contributed by atoms with van der Waals surface area (Å²) in [5.41, 5.74) is 7.39. The van der Waals surface area contributed by atoms with Crippen LogP contribution in [0.25, 0.3) is 0 Å². The first kappa shape index (κ1) is 15.0. The lowest BCUT2D eigenvalue weighted by molar-refractivity contribution is 0.600. The molecule has 0 atom stereocenters. The van der Waals surface area contributed by atoms with Gasteiger partial charge >= 0.3 is 0 Å². The van der Waals surface area contributed by atoms with E-state index < -0.39 is 10.0 Å². The predicted octanol–water partition coefficient (Wildman–Crippen LogP) is 3.04. The van der Waals surface area contributed by atoms with Gasteiger partial charge in [-0.2, -0.15) is 0 Å². The molecular weight excluding hydrogens is 374 g/mol. The summed E-state index contributed by atoms with van der Waals surface area (Å²) in [7, 11) is -3.65. The number of hydrogen-bond donors (Lipinski definition) is 2. The second-order valence-corrected chi connectivity index (χ2v) is 8.29. The van der Waals surface area contributed by atoms with Gasteiger partial charge in [-0.3, -0.25) is 4.72 Å². The maximum Gasteiger partial charge on any atom is 0.264 e. The highest BCUT2D eigenvalue weighted by Crippen LogP contribution is 2.41. The second-order valence-electron chi connectivity index (χ2n) is 4.93. The minimum absolute atomic E-state index is 0.183. The molecule has 1 heterocycles. The molecule has 3 rings (SSSR count). The molecule has 112 valence electrons. The monoisotopic (exact) mass is 387 g/mol. The average molecular weight is 388 g/mol. The third-order valence-electron chi connectivity index (χ3n) is 3.26. The van der Waals surface area contributed by atoms with Gasteiger partial charge in [-0.25, -0.2) is 13.4 Å². The molecule has 1 fully saturated rings. The molecule has 3 N–H and O–H groups in total. The van der Waals surface area contributed by atoms with Crippen molar-refractivity contribution in [2.24, 2.45) is 5.73 Å². The van der Waals surface area contributed by atoms with Crippen molar-refractivity contribution in [1.29, 1.82) is 0 Å². The van der Waals surface area contributed by atoms with Crippen LogP contribution < -0.4 is 10.5 Å². The molecule has 1 aliphatic carbocycles. The number of halogens is 1. The van der Waals surface area contributed by atoms with Gasteiger partial charge in [0.15, 0.2) is 5.13 Å². The zero-order chi connectivity index (χ0) is 15.0. The van der Waals surface area contributed by atoms with E-state index in [0.717, 1.165) is 24.1 Å². The summed E-state index contributed by atoms with van der Waals surface area (Å²) in [4.78, 5) is 4.52. The van der Waals surface area contributed by atoms with Crippen LogP contribution in [0.4, 0.5) is 5.13 Å². The summed E-state index contributed by atoms with van der Waals surface area (Å²) in [6.45, 7) is 0.365. The highest BCUT2D eigenvalue weighted by atomic mass is 79.9. The second kappa shape index (κ2) is 5.68. The summed E-state index contributed by atoms with van der Waals surface area (Å²) >= 11 is 4.60. The van der Waals surface area contributed by atoms with Crippen molar-refractivity contribution in [3.8, 4) is 0 Å². The van der Waals surface area contributed by atoms with Crippen molar-refractivity contribution in [3.63, 3.8) is 0 Å². The van der Waals surface area contributed by atoms with E-state index in [1.165, 1.54) is 11.3 Å². The fourth-order valence-electron chi connectivity index (χ4n) is 1.96. The fourth-order valence-corrected chi connectivity index (χ4v) is 5.13. The molecule has 1 aromatic carbocycles. The van der Waals surface area contributed by atoms with Gasteiger partial charge in [0.1, 0.15) is 4.90 Å². The first-order chi connectivity index (χ1) is 9.99. The van der Waals surface area contributed by atoms with Crippen molar-refractivity contribution < 1.29 is 8.42 Å². The summed E-state index contributed by atoms with van der Waals surface area (Å²) in [5, 5.41) is 2.33. The number of nitrogens with zero attached hydrogens (tertiary/aromatic N) is 1. The number of thiazole rings is 1. The Kier molecular flexibility index (Phi) is 4.04. The molecule has 0 aliphatic heterocycles. The largest absolute Gasteiger partial charge is 0.326 e. The van der Waals surface area contributed by atoms with Gasteiger partial charge in [-0.15, -0.1) is 11.3 Å². The topological polar surface area (TPSA) is 85.1 Å². The van der Waals surface area contributed by atoms with E-state index >= 15 is 0 Å². The van der Waals surface area contributed by atoms with E-state index in [1.54, 1.807) is 18.2 Å². The Bertz CT molecular complexity index is 769. The van der Waals surface area contributed by atoms with Gasteiger partial charge in [-0.05, 0) is 46.5 Å². The fraction of sp³-hybridized carbons (Fsp3) is 0.308. The number of nitrogens with two attached hydrogens (primary N) is 1. The molecule has 1 aromatic heterocycles. The Morgan fingerprint density at radius 3 is 2.81 bits per heavy atom. The van der Waals surface area contributed by atoms with E-state index in [4.69, 9.17) is 5.73 Å². The highest BCUT2D eigenvalue weighted by Gasteiger charge is 2.27. The summed E-state index contributed by atoms with van der Waals surface area (Å²) in [6.07, 6.45) is 2.28. The Hall–Kier alpha value is -0.960. The van der Waals surface area contributed by atoms with Crippen LogP contribution in [0, 0.1) is 0 Å². The van der Waals surface area contributed by atoms with Crippen molar-refractivity contribution in [2.75, 3.05) is 4.72 Å². The molecule has 1 aliphatic rings. The standard InChI is InChI=1S/C13H14BrN3O2S2/c14-10-5-8(6-15)1-4-12(10)21(18,19)17-13-16-11(7-20-13)9-2-3-9/h1,4-5,7,9H,2-3,6,15H2,(H,16,17). The van der Waals surface area contributed by atoms with Gasteiger partial charge in [-0.1, -0.05) is 6.07 Å². The number of hydrogen-bond acceptors (Lipinski definition) is 5. The van der Waals surface area contributed by atoms with E-state index in [-0.39, 0.29) is 4.90 Å². The van der Waals surface area contributed by atoms with Crippen molar-refractivity contribution in [1.82, 2.24) is 4.98 Å². The molecule has 8 heteroatoms. The van der Waals surface area contributed by atoms with Crippen LogP contribution in [-0.2, 0) is 16.6 Å². The van der Waals surface area contributed by atoms with Crippen LogP contribution in [0.15, 0.2) is 32.9 Å². The van der Waals surface area contributed by atoms with E-state index in [9.17, 15) is 8.42 Å². The first-order valence-electron chi connectivity index (χ1n) is 6.46. The van der Waals surface area contributed by atoms with Crippen LogP contribution in [0.3, 0.4) is 0 Å². The van der Waals surface area contributed by atoms with E-state index in [1.807, 2.05) is 5.38 Å². The Balaban J connectivity index is 1.85. The molecule has 0 saturated heterocycles. The number of anilines is 1. The molecule has 0 unspecified atom stereocenters. The number of benzene rings is 1. The molecule has 0 spiro atoms. The molecule has 2 aromatic rings. The van der Waals surface area contributed by atoms with Crippen LogP contribution in [0.1, 0.15) is 30.0 Å². The molecule has 0 amide bonds. The maximum absolute atomic E-state index is 12.4. The SMILES string of the molecule is NCc1ccc(S(=O)(=O)Nc2nc(C3CC3)cs2)c(Br)c1. The molecule has 0 radical (unpaired) electrons. The lowest BCUT2D eigenvalue weighted by Crippen LogP contribution is -2.14. The van der Waals surface area contributed by atoms with Gasteiger partial charge in [0, 0.05) is 22.3 Å². The number of sulfonamides is 1. The first-order valence-corrected chi connectivity index (χ1v) is 9.62. The van der Waals surface area contributed by atoms with Gasteiger partial charge in [0.25, 0.3) is 10.0 Å². The minimum atomic E-state index is -3.65. The number of nitrogens with one attached hydrogen (secondary N) is 1. The summed E-state index contributed by atoms with van der Waals surface area (Å²) in [6, 6.07) is 4.97. The minimum Gasteiger partial charge on any atom is -0.326 e. The number of rotatable bonds is 5. The molecular formula is C13H14BrN3O2S2. The van der Waals surface area contributed by atoms with Crippen LogP contribution in [-0.4, -0.2) is 13.4 Å². The Morgan fingerprint density at radius 2 is 2.19 bits per heavy atom. The zero-order valence-electron chi connectivity index (χ0n) is 11.0. The van der Waals surface area contributed by atoms with Crippen LogP contribution >= 0.6 is 27.3 Å². The normalized spacial score (nSPS) is 15.1. The van der Waals surface area contributed by atoms with Gasteiger partial charge in [0.2, 0.25) is 0 Å². The van der Waals surface area contributed by atoms with Gasteiger partial charge < -0.3 is 5.73 Å². The summed E-state index contributed by atoms with van der Waals surface area (Å²) < 4.78 is 27.9. The summed E-state index contributed by atoms with van der Waals surface area (Å²) in [5.74, 6) is 0.509. The van der Waals surface area contributed by atoms with Crippen molar-refractivity contribution >= 4 is 42.4 Å². The molecule has 1 saturated carbocycles. The molecule has 21 heavy (non-hydrogen) atoms.